The molecule has 1 aliphatic heterocycles. The lowest BCUT2D eigenvalue weighted by Gasteiger charge is -2.10. The minimum Gasteiger partial charge on any atom is -0.488 e. The molecule has 0 spiro atoms. The molecular formula is C25H18BrN3O2S. The van der Waals surface area contributed by atoms with Gasteiger partial charge in [-0.05, 0) is 76.6 Å². The first-order chi connectivity index (χ1) is 15.5. The van der Waals surface area contributed by atoms with E-state index in [0.717, 1.165) is 26.9 Å². The van der Waals surface area contributed by atoms with Crippen molar-refractivity contribution in [2.45, 2.75) is 13.5 Å². The van der Waals surface area contributed by atoms with Crippen LogP contribution in [0.1, 0.15) is 22.3 Å². The molecule has 5 nitrogen and oxygen atoms in total. The molecular weight excluding hydrogens is 486 g/mol. The Labute approximate surface area is 199 Å². The van der Waals surface area contributed by atoms with Crippen molar-refractivity contribution in [3.8, 4) is 11.8 Å². The zero-order valence-electron chi connectivity index (χ0n) is 17.1. The molecule has 3 aromatic carbocycles. The number of amides is 1. The molecule has 1 aliphatic rings. The van der Waals surface area contributed by atoms with Crippen LogP contribution in [0, 0.1) is 18.3 Å². The minimum atomic E-state index is -0.176. The van der Waals surface area contributed by atoms with E-state index >= 15 is 0 Å². The van der Waals surface area contributed by atoms with Gasteiger partial charge in [-0.25, -0.2) is 4.99 Å². The Kier molecular flexibility index (Phi) is 6.74. The van der Waals surface area contributed by atoms with E-state index in [-0.39, 0.29) is 5.91 Å². The van der Waals surface area contributed by atoms with Crippen LogP contribution in [0.25, 0.3) is 6.08 Å². The first-order valence-corrected chi connectivity index (χ1v) is 11.4. The molecule has 3 aromatic rings. The van der Waals surface area contributed by atoms with Crippen molar-refractivity contribution >= 4 is 50.5 Å². The second kappa shape index (κ2) is 9.86. The van der Waals surface area contributed by atoms with E-state index in [2.05, 4.69) is 32.3 Å². The molecule has 0 radical (unpaired) electrons. The highest BCUT2D eigenvalue weighted by atomic mass is 79.9. The van der Waals surface area contributed by atoms with Crippen LogP contribution in [0.15, 0.2) is 81.1 Å². The zero-order valence-corrected chi connectivity index (χ0v) is 19.5. The van der Waals surface area contributed by atoms with Gasteiger partial charge in [0, 0.05) is 5.56 Å². The number of nitrogens with one attached hydrogen (secondary N) is 1. The Hall–Kier alpha value is -3.34. The van der Waals surface area contributed by atoms with E-state index in [4.69, 9.17) is 4.74 Å². The van der Waals surface area contributed by atoms with Gasteiger partial charge in [0.1, 0.15) is 12.4 Å². The fraction of sp³-hybridized carbons (Fsp3) is 0.0800. The van der Waals surface area contributed by atoms with Gasteiger partial charge in [-0.1, -0.05) is 42.0 Å². The summed E-state index contributed by atoms with van der Waals surface area (Å²) in [4.78, 5) is 17.4. The van der Waals surface area contributed by atoms with Crippen LogP contribution in [0.5, 0.6) is 5.75 Å². The highest BCUT2D eigenvalue weighted by Gasteiger charge is 2.23. The van der Waals surface area contributed by atoms with Crippen molar-refractivity contribution in [3.63, 3.8) is 0 Å². The number of nitrogens with zero attached hydrogens (tertiary/aromatic N) is 2. The van der Waals surface area contributed by atoms with E-state index < -0.39 is 0 Å². The number of rotatable bonds is 5. The highest BCUT2D eigenvalue weighted by Crippen LogP contribution is 2.31. The molecule has 1 N–H and O–H groups in total. The normalized spacial score (nSPS) is 15.6. The number of aliphatic imine (C=N–C) groups is 1. The lowest BCUT2D eigenvalue weighted by molar-refractivity contribution is -0.115. The number of hydrogen-bond donors (Lipinski definition) is 1. The second-order valence-electron chi connectivity index (χ2n) is 7.06. The molecule has 4 rings (SSSR count). The van der Waals surface area contributed by atoms with Crippen LogP contribution in [0.2, 0.25) is 0 Å². The third-order valence-electron chi connectivity index (χ3n) is 4.69. The Balaban J connectivity index is 1.46. The summed E-state index contributed by atoms with van der Waals surface area (Å²) in [6, 6.07) is 22.9. The zero-order chi connectivity index (χ0) is 22.5. The van der Waals surface area contributed by atoms with Crippen LogP contribution >= 0.6 is 27.7 Å². The maximum Gasteiger partial charge on any atom is 0.264 e. The van der Waals surface area contributed by atoms with Crippen LogP contribution in [0.3, 0.4) is 0 Å². The second-order valence-corrected chi connectivity index (χ2v) is 8.95. The maximum absolute atomic E-state index is 12.4. The van der Waals surface area contributed by atoms with Gasteiger partial charge in [0.05, 0.1) is 26.7 Å². The molecule has 0 bridgehead atoms. The van der Waals surface area contributed by atoms with Gasteiger partial charge in [-0.3, -0.25) is 4.79 Å². The van der Waals surface area contributed by atoms with E-state index in [9.17, 15) is 10.1 Å². The quantitative estimate of drug-likeness (QED) is 0.426. The van der Waals surface area contributed by atoms with E-state index in [0.29, 0.717) is 28.0 Å². The Morgan fingerprint density at radius 2 is 1.94 bits per heavy atom. The molecule has 32 heavy (non-hydrogen) atoms. The summed E-state index contributed by atoms with van der Waals surface area (Å²) < 4.78 is 6.64. The fourth-order valence-corrected chi connectivity index (χ4v) is 4.36. The number of hydrogen-bond acceptors (Lipinski definition) is 5. The Morgan fingerprint density at radius 3 is 2.69 bits per heavy atom. The number of ether oxygens (including phenoxy) is 1. The van der Waals surface area contributed by atoms with Crippen molar-refractivity contribution < 1.29 is 9.53 Å². The third kappa shape index (κ3) is 5.28. The topological polar surface area (TPSA) is 74.5 Å². The van der Waals surface area contributed by atoms with Crippen molar-refractivity contribution in [1.29, 1.82) is 5.26 Å². The molecule has 0 saturated carbocycles. The van der Waals surface area contributed by atoms with Crippen LogP contribution in [-0.2, 0) is 11.4 Å². The number of nitriles is 1. The average Bonchev–Trinajstić information content (AvgIpc) is 3.13. The average molecular weight is 504 g/mol. The summed E-state index contributed by atoms with van der Waals surface area (Å²) in [6.45, 7) is 2.31. The van der Waals surface area contributed by atoms with E-state index in [1.807, 2.05) is 73.7 Å². The standard InChI is InChI=1S/C25H18BrN3O2S/c1-16-6-9-20(10-7-16)28-25-29-24(30)23(32-25)13-17-8-11-22(21(26)12-17)31-15-19-5-3-2-4-18(19)14-27/h2-13H,15H2,1H3,(H,28,29,30)/b23-13+. The first-order valence-electron chi connectivity index (χ1n) is 9.78. The number of carbonyl (C=O) groups excluding carboxylic acids is 1. The molecule has 0 aliphatic carbocycles. The molecule has 1 heterocycles. The van der Waals surface area contributed by atoms with Crippen molar-refractivity contribution in [1.82, 2.24) is 5.32 Å². The van der Waals surface area contributed by atoms with Crippen molar-refractivity contribution in [2.75, 3.05) is 0 Å². The predicted octanol–water partition coefficient (Wildman–Crippen LogP) is 6.10. The summed E-state index contributed by atoms with van der Waals surface area (Å²) in [5.74, 6) is 0.482. The maximum atomic E-state index is 12.4. The first kappa shape index (κ1) is 21.9. The van der Waals surface area contributed by atoms with Crippen LogP contribution in [-0.4, -0.2) is 11.1 Å². The lowest BCUT2D eigenvalue weighted by atomic mass is 10.1. The summed E-state index contributed by atoms with van der Waals surface area (Å²) in [6.07, 6.45) is 1.82. The summed E-state index contributed by atoms with van der Waals surface area (Å²) >= 11 is 4.84. The summed E-state index contributed by atoms with van der Waals surface area (Å²) in [5.41, 5.74) is 4.23. The predicted molar refractivity (Wildman–Crippen MR) is 132 cm³/mol. The molecule has 1 saturated heterocycles. The molecule has 1 amide bonds. The van der Waals surface area contributed by atoms with Crippen molar-refractivity contribution in [3.05, 3.63) is 98.4 Å². The van der Waals surface area contributed by atoms with Gasteiger partial charge in [-0.15, -0.1) is 0 Å². The Morgan fingerprint density at radius 1 is 1.16 bits per heavy atom. The van der Waals surface area contributed by atoms with Gasteiger partial charge in [0.25, 0.3) is 5.91 Å². The van der Waals surface area contributed by atoms with Gasteiger partial charge < -0.3 is 10.1 Å². The van der Waals surface area contributed by atoms with Gasteiger partial charge in [0.15, 0.2) is 5.17 Å². The Bertz CT molecular complexity index is 1280. The van der Waals surface area contributed by atoms with Crippen LogP contribution < -0.4 is 10.1 Å². The number of halogens is 1. The molecule has 0 atom stereocenters. The van der Waals surface area contributed by atoms with Gasteiger partial charge in [-0.2, -0.15) is 5.26 Å². The summed E-state index contributed by atoms with van der Waals surface area (Å²) in [5, 5.41) is 12.6. The van der Waals surface area contributed by atoms with Gasteiger partial charge in [0.2, 0.25) is 0 Å². The molecule has 1 fully saturated rings. The van der Waals surface area contributed by atoms with E-state index in [1.54, 1.807) is 6.07 Å². The number of benzene rings is 3. The molecule has 0 unspecified atom stereocenters. The largest absolute Gasteiger partial charge is 0.488 e. The van der Waals surface area contributed by atoms with Crippen molar-refractivity contribution in [2.24, 2.45) is 4.99 Å². The molecule has 158 valence electrons. The molecule has 7 heteroatoms. The minimum absolute atomic E-state index is 0.176. The SMILES string of the molecule is Cc1ccc(N=C2NC(=O)/C(=C\c3ccc(OCc4ccccc4C#N)c(Br)c3)S2)cc1. The smallest absolute Gasteiger partial charge is 0.264 e. The monoisotopic (exact) mass is 503 g/mol. The highest BCUT2D eigenvalue weighted by molar-refractivity contribution is 9.10. The lowest BCUT2D eigenvalue weighted by Crippen LogP contribution is -2.19. The summed E-state index contributed by atoms with van der Waals surface area (Å²) in [7, 11) is 0. The number of carbonyl (C=O) groups is 1. The number of amidine groups is 1. The fourth-order valence-electron chi connectivity index (χ4n) is 3.00. The molecule has 0 aromatic heterocycles. The van der Waals surface area contributed by atoms with Crippen LogP contribution in [0.4, 0.5) is 5.69 Å². The van der Waals surface area contributed by atoms with Gasteiger partial charge >= 0.3 is 0 Å². The number of aryl methyl sites for hydroxylation is 1. The third-order valence-corrected chi connectivity index (χ3v) is 6.22. The number of thioether (sulfide) groups is 1. The van der Waals surface area contributed by atoms with E-state index in [1.165, 1.54) is 11.8 Å².